The summed E-state index contributed by atoms with van der Waals surface area (Å²) in [7, 11) is 1.38. The summed E-state index contributed by atoms with van der Waals surface area (Å²) >= 11 is 6.75. The highest BCUT2D eigenvalue weighted by atomic mass is 79.9. The molecular formula is C10H10Br2O2. The molecule has 1 atom stereocenters. The van der Waals surface area contributed by atoms with E-state index in [0.717, 1.165) is 10.0 Å². The van der Waals surface area contributed by atoms with Gasteiger partial charge in [-0.2, -0.15) is 0 Å². The Labute approximate surface area is 99.9 Å². The molecular weight excluding hydrogens is 312 g/mol. The van der Waals surface area contributed by atoms with E-state index in [1.54, 1.807) is 6.07 Å². The predicted octanol–water partition coefficient (Wildman–Crippen LogP) is 3.69. The standard InChI is InChI=1S/C10H10Br2O2/c1-6(11)8-4-3-7(12)5-9(8)10(13)14-2/h3-6H,1-2H3/t6-/m0/s1. The molecule has 0 saturated heterocycles. The first-order chi connectivity index (χ1) is 6.56. The minimum atomic E-state index is -0.312. The summed E-state index contributed by atoms with van der Waals surface area (Å²) in [6.07, 6.45) is 0. The molecule has 0 aromatic heterocycles. The molecule has 0 aliphatic heterocycles. The number of ether oxygens (including phenoxy) is 1. The lowest BCUT2D eigenvalue weighted by Gasteiger charge is -2.09. The predicted molar refractivity (Wildman–Crippen MR) is 62.8 cm³/mol. The number of rotatable bonds is 2. The van der Waals surface area contributed by atoms with Crippen LogP contribution in [-0.4, -0.2) is 13.1 Å². The van der Waals surface area contributed by atoms with Gasteiger partial charge >= 0.3 is 5.97 Å². The van der Waals surface area contributed by atoms with Gasteiger partial charge in [0.2, 0.25) is 0 Å². The molecule has 0 saturated carbocycles. The van der Waals surface area contributed by atoms with E-state index < -0.39 is 0 Å². The lowest BCUT2D eigenvalue weighted by molar-refractivity contribution is 0.0599. The Hall–Kier alpha value is -0.350. The van der Waals surface area contributed by atoms with Crippen molar-refractivity contribution < 1.29 is 9.53 Å². The third-order valence-corrected chi connectivity index (χ3v) is 2.84. The summed E-state index contributed by atoms with van der Waals surface area (Å²) in [4.78, 5) is 11.6. The van der Waals surface area contributed by atoms with Gasteiger partial charge in [0, 0.05) is 9.30 Å². The van der Waals surface area contributed by atoms with Crippen molar-refractivity contribution in [3.05, 3.63) is 33.8 Å². The number of carbonyl (C=O) groups excluding carboxylic acids is 1. The smallest absolute Gasteiger partial charge is 0.338 e. The van der Waals surface area contributed by atoms with E-state index in [9.17, 15) is 4.79 Å². The molecule has 1 rings (SSSR count). The van der Waals surface area contributed by atoms with Crippen LogP contribution in [0.5, 0.6) is 0 Å². The maximum atomic E-state index is 11.4. The van der Waals surface area contributed by atoms with E-state index >= 15 is 0 Å². The molecule has 4 heteroatoms. The summed E-state index contributed by atoms with van der Waals surface area (Å²) in [6.45, 7) is 1.97. The fourth-order valence-corrected chi connectivity index (χ4v) is 1.92. The second-order valence-corrected chi connectivity index (χ2v) is 5.13. The van der Waals surface area contributed by atoms with Crippen molar-refractivity contribution in [1.29, 1.82) is 0 Å². The van der Waals surface area contributed by atoms with Crippen molar-refractivity contribution >= 4 is 37.8 Å². The number of hydrogen-bond donors (Lipinski definition) is 0. The maximum Gasteiger partial charge on any atom is 0.338 e. The van der Waals surface area contributed by atoms with Gasteiger partial charge in [-0.05, 0) is 24.6 Å². The van der Waals surface area contributed by atoms with E-state index in [2.05, 4.69) is 31.9 Å². The van der Waals surface area contributed by atoms with Gasteiger partial charge in [0.15, 0.2) is 0 Å². The second kappa shape index (κ2) is 4.94. The number of alkyl halides is 1. The molecule has 0 spiro atoms. The average Bonchev–Trinajstić information content (AvgIpc) is 2.16. The third kappa shape index (κ3) is 2.58. The van der Waals surface area contributed by atoms with E-state index in [4.69, 9.17) is 4.74 Å². The quantitative estimate of drug-likeness (QED) is 0.613. The fraction of sp³-hybridized carbons (Fsp3) is 0.300. The zero-order chi connectivity index (χ0) is 10.7. The minimum Gasteiger partial charge on any atom is -0.465 e. The Morgan fingerprint density at radius 2 is 2.14 bits per heavy atom. The van der Waals surface area contributed by atoms with Gasteiger partial charge in [0.1, 0.15) is 0 Å². The molecule has 1 aromatic rings. The first-order valence-corrected chi connectivity index (χ1v) is 5.79. The molecule has 0 unspecified atom stereocenters. The van der Waals surface area contributed by atoms with E-state index in [0.29, 0.717) is 5.56 Å². The molecule has 2 nitrogen and oxygen atoms in total. The topological polar surface area (TPSA) is 26.3 Å². The average molecular weight is 322 g/mol. The van der Waals surface area contributed by atoms with E-state index in [-0.39, 0.29) is 10.8 Å². The monoisotopic (exact) mass is 320 g/mol. The summed E-state index contributed by atoms with van der Waals surface area (Å²) in [5.74, 6) is -0.312. The molecule has 76 valence electrons. The lowest BCUT2D eigenvalue weighted by Crippen LogP contribution is -2.05. The van der Waals surface area contributed by atoms with Crippen LogP contribution in [0.2, 0.25) is 0 Å². The zero-order valence-electron chi connectivity index (χ0n) is 7.88. The number of carbonyl (C=O) groups is 1. The Morgan fingerprint density at radius 1 is 1.50 bits per heavy atom. The van der Waals surface area contributed by atoms with Gasteiger partial charge in [-0.1, -0.05) is 37.9 Å². The van der Waals surface area contributed by atoms with Gasteiger partial charge in [0.05, 0.1) is 12.7 Å². The Balaban J connectivity index is 3.22. The fourth-order valence-electron chi connectivity index (χ4n) is 1.16. The largest absolute Gasteiger partial charge is 0.465 e. The van der Waals surface area contributed by atoms with Crippen LogP contribution in [0.1, 0.15) is 27.7 Å². The molecule has 0 radical (unpaired) electrons. The van der Waals surface area contributed by atoms with Crippen molar-refractivity contribution in [3.63, 3.8) is 0 Å². The molecule has 0 heterocycles. The van der Waals surface area contributed by atoms with Crippen LogP contribution in [0, 0.1) is 0 Å². The van der Waals surface area contributed by atoms with Crippen LogP contribution in [0.4, 0.5) is 0 Å². The van der Waals surface area contributed by atoms with Crippen molar-refractivity contribution in [3.8, 4) is 0 Å². The first kappa shape index (κ1) is 11.7. The molecule has 0 bridgehead atoms. The Kier molecular flexibility index (Phi) is 4.13. The van der Waals surface area contributed by atoms with Crippen LogP contribution in [0.25, 0.3) is 0 Å². The SMILES string of the molecule is COC(=O)c1cc(Br)ccc1[C@H](C)Br. The van der Waals surface area contributed by atoms with Crippen molar-refractivity contribution in [2.24, 2.45) is 0 Å². The first-order valence-electron chi connectivity index (χ1n) is 4.08. The maximum absolute atomic E-state index is 11.4. The summed E-state index contributed by atoms with van der Waals surface area (Å²) in [5, 5.41) is 0. The molecule has 0 aliphatic rings. The van der Waals surface area contributed by atoms with E-state index in [1.807, 2.05) is 19.1 Å². The molecule has 0 aliphatic carbocycles. The second-order valence-electron chi connectivity index (χ2n) is 2.84. The van der Waals surface area contributed by atoms with Crippen molar-refractivity contribution in [2.75, 3.05) is 7.11 Å². The van der Waals surface area contributed by atoms with Gasteiger partial charge in [-0.3, -0.25) is 0 Å². The molecule has 14 heavy (non-hydrogen) atoms. The number of methoxy groups -OCH3 is 1. The van der Waals surface area contributed by atoms with Crippen LogP contribution in [-0.2, 0) is 4.74 Å². The number of halogens is 2. The van der Waals surface area contributed by atoms with Gasteiger partial charge in [-0.25, -0.2) is 4.79 Å². The Bertz CT molecular complexity index is 348. The molecule has 0 N–H and O–H groups in total. The number of esters is 1. The molecule has 0 amide bonds. The highest BCUT2D eigenvalue weighted by molar-refractivity contribution is 9.10. The summed E-state index contributed by atoms with van der Waals surface area (Å²) in [6, 6.07) is 5.56. The Morgan fingerprint density at radius 3 is 2.64 bits per heavy atom. The van der Waals surface area contributed by atoms with Crippen molar-refractivity contribution in [1.82, 2.24) is 0 Å². The summed E-state index contributed by atoms with van der Waals surface area (Å²) in [5.41, 5.74) is 1.52. The lowest BCUT2D eigenvalue weighted by atomic mass is 10.1. The van der Waals surface area contributed by atoms with Gasteiger partial charge in [-0.15, -0.1) is 0 Å². The van der Waals surface area contributed by atoms with Crippen LogP contribution in [0.3, 0.4) is 0 Å². The summed E-state index contributed by atoms with van der Waals surface area (Å²) < 4.78 is 5.57. The van der Waals surface area contributed by atoms with Crippen LogP contribution >= 0.6 is 31.9 Å². The van der Waals surface area contributed by atoms with Crippen molar-refractivity contribution in [2.45, 2.75) is 11.8 Å². The molecule has 0 fully saturated rings. The van der Waals surface area contributed by atoms with Crippen LogP contribution in [0.15, 0.2) is 22.7 Å². The third-order valence-electron chi connectivity index (χ3n) is 1.85. The number of hydrogen-bond acceptors (Lipinski definition) is 2. The van der Waals surface area contributed by atoms with Gasteiger partial charge < -0.3 is 4.74 Å². The van der Waals surface area contributed by atoms with E-state index in [1.165, 1.54) is 7.11 Å². The highest BCUT2D eigenvalue weighted by Gasteiger charge is 2.14. The normalized spacial score (nSPS) is 12.3. The number of benzene rings is 1. The zero-order valence-corrected chi connectivity index (χ0v) is 11.1. The highest BCUT2D eigenvalue weighted by Crippen LogP contribution is 2.28. The minimum absolute atomic E-state index is 0.129. The van der Waals surface area contributed by atoms with Gasteiger partial charge in [0.25, 0.3) is 0 Å². The van der Waals surface area contributed by atoms with Crippen LogP contribution < -0.4 is 0 Å². The molecule has 1 aromatic carbocycles.